The highest BCUT2D eigenvalue weighted by atomic mass is 35.5. The molecule has 19 heteroatoms. The molecule has 5 rings (SSSR count). The Hall–Kier alpha value is -4.16. The normalized spacial score (nSPS) is 22.2. The standard InChI is InChI=1S/C33H40ClF2N7O8S/c1-32(2,49)26-16-38-41-43(26)19-13-25(30(47)40-33(27(44)28(37)45)8-10-52(50,51)11-9-33)42(17-19)31(48)24(12-18-6-4-3-5-7-18)39-29(46)20-14-23(36)21(34)15-22(20)35/h14-16,18-19,25,49H,3-13,17H2,1-2H3,(H2,37,45)(H,40,47)/b39-24+/t19-,25-/m0/s1. The van der Waals surface area contributed by atoms with Gasteiger partial charge in [-0.1, -0.05) is 48.9 Å². The minimum atomic E-state index is -3.58. The molecule has 0 spiro atoms. The summed E-state index contributed by atoms with van der Waals surface area (Å²) < 4.78 is 55.0. The van der Waals surface area contributed by atoms with Crippen LogP contribution in [0.5, 0.6) is 0 Å². The van der Waals surface area contributed by atoms with Crippen molar-refractivity contribution in [2.45, 2.75) is 94.9 Å². The van der Waals surface area contributed by atoms with Gasteiger partial charge in [0.15, 0.2) is 9.84 Å². The summed E-state index contributed by atoms with van der Waals surface area (Å²) in [5, 5.41) is 20.8. The molecule has 2 atom stereocenters. The molecular weight excluding hydrogens is 728 g/mol. The summed E-state index contributed by atoms with van der Waals surface area (Å²) in [5.41, 5.74) is 1.05. The van der Waals surface area contributed by atoms with Gasteiger partial charge in [0.1, 0.15) is 34.5 Å². The number of Topliss-reactive ketones (excluding diaryl/α,β-unsaturated/α-hetero) is 1. The van der Waals surface area contributed by atoms with Crippen LogP contribution in [0.2, 0.25) is 5.02 Å². The third-order valence-corrected chi connectivity index (χ3v) is 12.0. The summed E-state index contributed by atoms with van der Waals surface area (Å²) in [6.07, 6.45) is 4.32. The number of likely N-dealkylation sites (tertiary alicyclic amines) is 1. The molecule has 2 aliphatic heterocycles. The number of sulfone groups is 1. The third kappa shape index (κ3) is 8.39. The maximum absolute atomic E-state index is 14.8. The fraction of sp³-hybridized carbons (Fsp3) is 0.576. The van der Waals surface area contributed by atoms with E-state index in [1.807, 2.05) is 0 Å². The highest BCUT2D eigenvalue weighted by molar-refractivity contribution is 7.91. The lowest BCUT2D eigenvalue weighted by molar-refractivity contribution is -0.143. The van der Waals surface area contributed by atoms with Gasteiger partial charge in [-0.15, -0.1) is 5.10 Å². The molecule has 1 aromatic heterocycles. The van der Waals surface area contributed by atoms with Crippen LogP contribution in [0.25, 0.3) is 0 Å². The number of aromatic nitrogens is 3. The largest absolute Gasteiger partial charge is 0.384 e. The fourth-order valence-corrected chi connectivity index (χ4v) is 8.82. The van der Waals surface area contributed by atoms with Crippen molar-refractivity contribution in [3.63, 3.8) is 0 Å². The van der Waals surface area contributed by atoms with E-state index in [0.717, 1.165) is 24.2 Å². The zero-order chi connectivity index (χ0) is 38.2. The van der Waals surface area contributed by atoms with Crippen molar-refractivity contribution in [2.24, 2.45) is 16.6 Å². The maximum atomic E-state index is 14.8. The quantitative estimate of drug-likeness (QED) is 0.181. The van der Waals surface area contributed by atoms with E-state index in [9.17, 15) is 46.3 Å². The second-order valence-electron chi connectivity index (χ2n) is 14.2. The number of nitrogens with one attached hydrogen (secondary N) is 1. The molecule has 15 nitrogen and oxygen atoms in total. The average Bonchev–Trinajstić information content (AvgIpc) is 3.75. The molecule has 1 saturated carbocycles. The van der Waals surface area contributed by atoms with Crippen LogP contribution in [0, 0.1) is 17.6 Å². The number of ketones is 1. The molecule has 4 amide bonds. The molecule has 3 fully saturated rings. The number of carbonyl (C=O) groups excluding carboxylic acids is 5. The number of nitrogens with two attached hydrogens (primary N) is 1. The maximum Gasteiger partial charge on any atom is 0.287 e. The van der Waals surface area contributed by atoms with Crippen LogP contribution in [-0.4, -0.2) is 98.2 Å². The van der Waals surface area contributed by atoms with E-state index in [0.29, 0.717) is 25.0 Å². The van der Waals surface area contributed by atoms with E-state index < -0.39 is 109 Å². The minimum Gasteiger partial charge on any atom is -0.384 e. The van der Waals surface area contributed by atoms with E-state index in [2.05, 4.69) is 20.6 Å². The van der Waals surface area contributed by atoms with E-state index in [1.165, 1.54) is 24.7 Å². The number of aliphatic hydroxyl groups is 1. The highest BCUT2D eigenvalue weighted by Crippen LogP contribution is 2.34. The molecule has 1 aliphatic carbocycles. The summed E-state index contributed by atoms with van der Waals surface area (Å²) in [6, 6.07) is -1.01. The summed E-state index contributed by atoms with van der Waals surface area (Å²) in [7, 11) is -3.58. The van der Waals surface area contributed by atoms with Gasteiger partial charge in [0, 0.05) is 13.0 Å². The lowest BCUT2D eigenvalue weighted by Gasteiger charge is -2.37. The van der Waals surface area contributed by atoms with Gasteiger partial charge >= 0.3 is 0 Å². The molecule has 2 saturated heterocycles. The second-order valence-corrected chi connectivity index (χ2v) is 16.9. The fourth-order valence-electron chi connectivity index (χ4n) is 7.15. The van der Waals surface area contributed by atoms with Crippen LogP contribution >= 0.6 is 11.6 Å². The number of carbonyl (C=O) groups is 5. The third-order valence-electron chi connectivity index (χ3n) is 10.0. The Labute approximate surface area is 303 Å². The van der Waals surface area contributed by atoms with Gasteiger partial charge in [0.25, 0.3) is 17.7 Å². The predicted molar refractivity (Wildman–Crippen MR) is 182 cm³/mol. The number of amides is 4. The number of hydrogen-bond donors (Lipinski definition) is 3. The van der Waals surface area contributed by atoms with Gasteiger partial charge in [-0.2, -0.15) is 0 Å². The Bertz CT molecular complexity index is 1910. The van der Waals surface area contributed by atoms with Crippen LogP contribution in [0.3, 0.4) is 0 Å². The lowest BCUT2D eigenvalue weighted by atomic mass is 9.85. The van der Waals surface area contributed by atoms with Crippen molar-refractivity contribution in [1.82, 2.24) is 25.2 Å². The first-order valence-corrected chi connectivity index (χ1v) is 19.1. The molecule has 3 heterocycles. The Kier molecular flexibility index (Phi) is 11.3. The van der Waals surface area contributed by atoms with Crippen LogP contribution in [-0.2, 0) is 34.6 Å². The SMILES string of the molecule is CC(C)(O)c1cnnn1[C@H]1C[C@@H](C(=O)NC2(C(=O)C(N)=O)CCS(=O)(=O)CC2)N(C(=O)/C(CC2CCCCC2)=N/C(=O)c2cc(F)c(Cl)cc2F)C1. The molecule has 1 aromatic carbocycles. The zero-order valence-corrected chi connectivity index (χ0v) is 30.2. The van der Waals surface area contributed by atoms with Gasteiger partial charge in [-0.25, -0.2) is 26.9 Å². The number of primary amides is 1. The van der Waals surface area contributed by atoms with Crippen LogP contribution in [0.1, 0.15) is 93.7 Å². The van der Waals surface area contributed by atoms with Gasteiger partial charge < -0.3 is 21.1 Å². The van der Waals surface area contributed by atoms with Gasteiger partial charge in [-0.05, 0) is 51.2 Å². The van der Waals surface area contributed by atoms with Crippen LogP contribution < -0.4 is 11.1 Å². The van der Waals surface area contributed by atoms with Gasteiger partial charge in [-0.3, -0.25) is 24.0 Å². The topological polar surface area (TPSA) is 224 Å². The number of rotatable bonds is 10. The van der Waals surface area contributed by atoms with Gasteiger partial charge in [0.05, 0.1) is 40.0 Å². The van der Waals surface area contributed by atoms with Crippen molar-refractivity contribution in [2.75, 3.05) is 18.1 Å². The van der Waals surface area contributed by atoms with E-state index in [4.69, 9.17) is 17.3 Å². The van der Waals surface area contributed by atoms with Crippen molar-refractivity contribution in [3.05, 3.63) is 46.2 Å². The first kappa shape index (κ1) is 39.1. The molecule has 0 bridgehead atoms. The highest BCUT2D eigenvalue weighted by Gasteiger charge is 2.50. The van der Waals surface area contributed by atoms with Crippen molar-refractivity contribution in [3.8, 4) is 0 Å². The number of benzene rings is 1. The Morgan fingerprint density at radius 2 is 1.75 bits per heavy atom. The molecule has 0 radical (unpaired) electrons. The Morgan fingerprint density at radius 1 is 1.10 bits per heavy atom. The molecule has 282 valence electrons. The van der Waals surface area contributed by atoms with Gasteiger partial charge in [0.2, 0.25) is 11.7 Å². The van der Waals surface area contributed by atoms with Crippen LogP contribution in [0.15, 0.2) is 23.3 Å². The summed E-state index contributed by atoms with van der Waals surface area (Å²) in [6.45, 7) is 2.73. The molecule has 2 aromatic rings. The van der Waals surface area contributed by atoms with E-state index in [-0.39, 0.29) is 36.7 Å². The molecular formula is C33H40ClF2N7O8S. The Morgan fingerprint density at radius 3 is 2.37 bits per heavy atom. The van der Waals surface area contributed by atoms with E-state index in [1.54, 1.807) is 0 Å². The van der Waals surface area contributed by atoms with Crippen LogP contribution in [0.4, 0.5) is 8.78 Å². The number of aliphatic imine (C=N–C) groups is 1. The smallest absolute Gasteiger partial charge is 0.287 e. The van der Waals surface area contributed by atoms with Crippen molar-refractivity contribution in [1.29, 1.82) is 0 Å². The Balaban J connectivity index is 1.56. The lowest BCUT2D eigenvalue weighted by Crippen LogP contribution is -2.64. The second kappa shape index (κ2) is 15.1. The monoisotopic (exact) mass is 767 g/mol. The average molecular weight is 768 g/mol. The first-order chi connectivity index (χ1) is 24.3. The zero-order valence-electron chi connectivity index (χ0n) is 28.6. The number of hydrogen-bond acceptors (Lipinski definition) is 10. The number of nitrogens with zero attached hydrogens (tertiary/aromatic N) is 5. The minimum absolute atomic E-state index is 0.0298. The number of halogens is 3. The summed E-state index contributed by atoms with van der Waals surface area (Å²) in [4.78, 5) is 72.5. The van der Waals surface area contributed by atoms with E-state index >= 15 is 0 Å². The predicted octanol–water partition coefficient (Wildman–Crippen LogP) is 1.95. The van der Waals surface area contributed by atoms with Crippen molar-refractivity contribution < 1.29 is 46.3 Å². The molecule has 4 N–H and O–H groups in total. The summed E-state index contributed by atoms with van der Waals surface area (Å²) >= 11 is 5.67. The molecule has 3 aliphatic rings. The first-order valence-electron chi connectivity index (χ1n) is 16.9. The van der Waals surface area contributed by atoms with Crippen molar-refractivity contribution >= 4 is 56.6 Å². The summed E-state index contributed by atoms with van der Waals surface area (Å²) in [5.74, 6) is -9.02. The molecule has 52 heavy (non-hydrogen) atoms. The molecule has 0 unspecified atom stereocenters.